The first kappa shape index (κ1) is 11.7. The lowest BCUT2D eigenvalue weighted by Crippen LogP contribution is -1.85. The molecule has 1 aromatic carbocycles. The Kier molecular flexibility index (Phi) is 3.20. The van der Waals surface area contributed by atoms with Crippen molar-refractivity contribution >= 4 is 34.5 Å². The van der Waals surface area contributed by atoms with Gasteiger partial charge in [-0.2, -0.15) is 0 Å². The number of carbonyl (C=O) groups is 1. The third kappa shape index (κ3) is 2.34. The Morgan fingerprint density at radius 3 is 2.94 bits per heavy atom. The summed E-state index contributed by atoms with van der Waals surface area (Å²) in [6.45, 7) is 2.07. The van der Waals surface area contributed by atoms with Gasteiger partial charge in [-0.25, -0.2) is 4.79 Å². The lowest BCUT2D eigenvalue weighted by molar-refractivity contribution is -0.131. The number of hydrogen-bond donors (Lipinski definition) is 2. The summed E-state index contributed by atoms with van der Waals surface area (Å²) in [6.07, 6.45) is 3.54. The largest absolute Gasteiger partial charge is 0.478 e. The molecule has 0 aliphatic heterocycles. The Hall–Kier alpha value is -1.74. The predicted molar refractivity (Wildman–Crippen MR) is 69.4 cm³/mol. The summed E-state index contributed by atoms with van der Waals surface area (Å²) in [5.41, 5.74) is 2.83. The molecule has 0 bridgehead atoms. The first-order chi connectivity index (χ1) is 8.11. The number of halogens is 1. The average molecular weight is 250 g/mol. The van der Waals surface area contributed by atoms with Gasteiger partial charge in [-0.1, -0.05) is 24.6 Å². The van der Waals surface area contributed by atoms with Crippen LogP contribution in [0.5, 0.6) is 0 Å². The summed E-state index contributed by atoms with van der Waals surface area (Å²) in [5.74, 6) is -0.984. The Morgan fingerprint density at radius 2 is 2.29 bits per heavy atom. The molecule has 0 unspecified atom stereocenters. The Bertz CT molecular complexity index is 599. The minimum absolute atomic E-state index is 0.464. The number of carboxylic acids is 1. The highest BCUT2D eigenvalue weighted by Gasteiger charge is 2.08. The number of nitrogens with one attached hydrogen (secondary N) is 1. The van der Waals surface area contributed by atoms with Crippen molar-refractivity contribution in [1.82, 2.24) is 4.98 Å². The predicted octanol–water partition coefficient (Wildman–Crippen LogP) is 3.48. The van der Waals surface area contributed by atoms with E-state index in [1.54, 1.807) is 0 Å². The second kappa shape index (κ2) is 4.63. The van der Waals surface area contributed by atoms with E-state index in [1.807, 2.05) is 18.2 Å². The molecule has 1 heterocycles. The topological polar surface area (TPSA) is 53.1 Å². The van der Waals surface area contributed by atoms with E-state index >= 15 is 0 Å². The molecule has 2 rings (SSSR count). The van der Waals surface area contributed by atoms with Crippen LogP contribution in [-0.2, 0) is 11.2 Å². The SMILES string of the molecule is CCc1ccc2[nH]c(Cl)c(/C=C/C(=O)O)c2c1. The molecule has 4 heteroatoms. The van der Waals surface area contributed by atoms with Crippen LogP contribution in [0, 0.1) is 0 Å². The zero-order valence-electron chi connectivity index (χ0n) is 9.33. The average Bonchev–Trinajstić information content (AvgIpc) is 2.61. The number of carboxylic acid groups (broad SMARTS) is 1. The summed E-state index contributed by atoms with van der Waals surface area (Å²) in [7, 11) is 0. The van der Waals surface area contributed by atoms with Crippen molar-refractivity contribution in [2.75, 3.05) is 0 Å². The van der Waals surface area contributed by atoms with E-state index in [-0.39, 0.29) is 0 Å². The molecule has 0 fully saturated rings. The van der Waals surface area contributed by atoms with Crippen LogP contribution < -0.4 is 0 Å². The van der Waals surface area contributed by atoms with Gasteiger partial charge in [-0.15, -0.1) is 0 Å². The maximum Gasteiger partial charge on any atom is 0.328 e. The van der Waals surface area contributed by atoms with Crippen molar-refractivity contribution in [3.63, 3.8) is 0 Å². The van der Waals surface area contributed by atoms with Gasteiger partial charge in [0.1, 0.15) is 5.15 Å². The lowest BCUT2D eigenvalue weighted by Gasteiger charge is -1.97. The third-order valence-electron chi connectivity index (χ3n) is 2.66. The lowest BCUT2D eigenvalue weighted by atomic mass is 10.1. The summed E-state index contributed by atoms with van der Waals surface area (Å²) < 4.78 is 0. The molecular formula is C13H12ClNO2. The normalized spacial score (nSPS) is 11.4. The maximum atomic E-state index is 10.5. The van der Waals surface area contributed by atoms with Crippen molar-refractivity contribution in [3.8, 4) is 0 Å². The van der Waals surface area contributed by atoms with Crippen LogP contribution >= 0.6 is 11.6 Å². The summed E-state index contributed by atoms with van der Waals surface area (Å²) in [4.78, 5) is 13.5. The number of hydrogen-bond acceptors (Lipinski definition) is 1. The van der Waals surface area contributed by atoms with Crippen LogP contribution in [0.15, 0.2) is 24.3 Å². The van der Waals surface area contributed by atoms with Gasteiger partial charge in [0, 0.05) is 22.5 Å². The third-order valence-corrected chi connectivity index (χ3v) is 2.95. The highest BCUT2D eigenvalue weighted by Crippen LogP contribution is 2.28. The number of H-pyrrole nitrogens is 1. The molecule has 0 aliphatic rings. The first-order valence-corrected chi connectivity index (χ1v) is 5.70. The minimum Gasteiger partial charge on any atom is -0.478 e. The standard InChI is InChI=1S/C13H12ClNO2/c1-2-8-3-5-11-10(7-8)9(13(14)15-11)4-6-12(16)17/h3-7,15H,2H2,1H3,(H,16,17)/b6-4+. The van der Waals surface area contributed by atoms with E-state index in [2.05, 4.69) is 11.9 Å². The molecule has 2 N–H and O–H groups in total. The molecule has 17 heavy (non-hydrogen) atoms. The van der Waals surface area contributed by atoms with Crippen LogP contribution in [-0.4, -0.2) is 16.1 Å². The molecule has 0 radical (unpaired) electrons. The van der Waals surface area contributed by atoms with Gasteiger partial charge in [0.05, 0.1) is 0 Å². The van der Waals surface area contributed by atoms with E-state index < -0.39 is 5.97 Å². The van der Waals surface area contributed by atoms with Crippen LogP contribution in [0.25, 0.3) is 17.0 Å². The first-order valence-electron chi connectivity index (χ1n) is 5.33. The molecule has 0 aliphatic carbocycles. The van der Waals surface area contributed by atoms with Gasteiger partial charge in [0.25, 0.3) is 0 Å². The number of benzene rings is 1. The highest BCUT2D eigenvalue weighted by atomic mass is 35.5. The van der Waals surface area contributed by atoms with Crippen molar-refractivity contribution in [2.24, 2.45) is 0 Å². The number of aryl methyl sites for hydroxylation is 1. The molecule has 0 atom stereocenters. The summed E-state index contributed by atoms with van der Waals surface area (Å²) >= 11 is 6.05. The van der Waals surface area contributed by atoms with Crippen LogP contribution in [0.2, 0.25) is 5.15 Å². The smallest absolute Gasteiger partial charge is 0.328 e. The fourth-order valence-corrected chi connectivity index (χ4v) is 2.03. The van der Waals surface area contributed by atoms with Crippen molar-refractivity contribution < 1.29 is 9.90 Å². The second-order valence-electron chi connectivity index (χ2n) is 3.76. The van der Waals surface area contributed by atoms with Crippen molar-refractivity contribution in [1.29, 1.82) is 0 Å². The Labute approximate surface area is 104 Å². The van der Waals surface area contributed by atoms with Crippen molar-refractivity contribution in [3.05, 3.63) is 40.6 Å². The van der Waals surface area contributed by atoms with Gasteiger partial charge in [-0.05, 0) is 30.2 Å². The molecular weight excluding hydrogens is 238 g/mol. The molecule has 1 aromatic heterocycles. The Morgan fingerprint density at radius 1 is 1.53 bits per heavy atom. The fourth-order valence-electron chi connectivity index (χ4n) is 1.76. The molecule has 3 nitrogen and oxygen atoms in total. The van der Waals surface area contributed by atoms with E-state index in [1.165, 1.54) is 11.6 Å². The van der Waals surface area contributed by atoms with Crippen LogP contribution in [0.3, 0.4) is 0 Å². The van der Waals surface area contributed by atoms with Crippen molar-refractivity contribution in [2.45, 2.75) is 13.3 Å². The van der Waals surface area contributed by atoms with Crippen LogP contribution in [0.4, 0.5) is 0 Å². The fraction of sp³-hybridized carbons (Fsp3) is 0.154. The monoisotopic (exact) mass is 249 g/mol. The minimum atomic E-state index is -0.984. The van der Waals surface area contributed by atoms with Gasteiger partial charge in [-0.3, -0.25) is 0 Å². The summed E-state index contributed by atoms with van der Waals surface area (Å²) in [6, 6.07) is 6.01. The molecule has 2 aromatic rings. The number of aromatic amines is 1. The van der Waals surface area contributed by atoms with Crippen LogP contribution in [0.1, 0.15) is 18.1 Å². The Balaban J connectivity index is 2.60. The molecule has 88 valence electrons. The summed E-state index contributed by atoms with van der Waals surface area (Å²) in [5, 5.41) is 10.1. The highest BCUT2D eigenvalue weighted by molar-refractivity contribution is 6.32. The number of fused-ring (bicyclic) bond motifs is 1. The van der Waals surface area contributed by atoms with Gasteiger partial charge < -0.3 is 10.1 Å². The molecule has 0 amide bonds. The number of aromatic nitrogens is 1. The van der Waals surface area contributed by atoms with Gasteiger partial charge in [0.15, 0.2) is 0 Å². The van der Waals surface area contributed by atoms with E-state index in [0.717, 1.165) is 29.0 Å². The quantitative estimate of drug-likeness (QED) is 0.819. The number of rotatable bonds is 3. The van der Waals surface area contributed by atoms with E-state index in [0.29, 0.717) is 5.15 Å². The van der Waals surface area contributed by atoms with E-state index in [4.69, 9.17) is 16.7 Å². The second-order valence-corrected chi connectivity index (χ2v) is 4.14. The van der Waals surface area contributed by atoms with Gasteiger partial charge >= 0.3 is 5.97 Å². The van der Waals surface area contributed by atoms with E-state index in [9.17, 15) is 4.79 Å². The zero-order chi connectivity index (χ0) is 12.4. The van der Waals surface area contributed by atoms with Gasteiger partial charge in [0.2, 0.25) is 0 Å². The molecule has 0 spiro atoms. The maximum absolute atomic E-state index is 10.5. The molecule has 0 saturated carbocycles. The number of aliphatic carboxylic acids is 1. The zero-order valence-corrected chi connectivity index (χ0v) is 10.1. The molecule has 0 saturated heterocycles.